The molecular weight excluding hydrogens is 399 g/mol. The number of rotatable bonds is 5. The Bertz CT molecular complexity index is 988. The number of aromatic nitrogens is 2. The highest BCUT2D eigenvalue weighted by atomic mass is 35.5. The fraction of sp³-hybridized carbons (Fsp3) is 0.111. The lowest BCUT2D eigenvalue weighted by Crippen LogP contribution is -2.23. The van der Waals surface area contributed by atoms with Crippen LogP contribution < -0.4 is 15.0 Å². The first-order valence-corrected chi connectivity index (χ1v) is 8.62. The number of halogens is 3. The second-order valence-corrected chi connectivity index (χ2v) is 6.54. The highest BCUT2D eigenvalue weighted by Crippen LogP contribution is 2.26. The van der Waals surface area contributed by atoms with E-state index in [2.05, 4.69) is 5.10 Å². The summed E-state index contributed by atoms with van der Waals surface area (Å²) in [5.74, 6) is 0.258. The zero-order valence-electron chi connectivity index (χ0n) is 13.6. The maximum atomic E-state index is 12.6. The third kappa shape index (κ3) is 3.96. The summed E-state index contributed by atoms with van der Waals surface area (Å²) < 4.78 is 12.1. The highest BCUT2D eigenvalue weighted by Gasteiger charge is 2.15. The summed E-state index contributed by atoms with van der Waals surface area (Å²) >= 11 is 17.9. The van der Waals surface area contributed by atoms with Crippen LogP contribution in [0.2, 0.25) is 15.1 Å². The standard InChI is InChI=1S/C18H13Cl3N2O3/c1-25-17-16(26-10-11-2-3-13(20)8-15(11)21)9-22-23(18(17)24)14-6-4-12(19)5-7-14/h2-9H,10H2,1H3. The number of benzene rings is 2. The van der Waals surface area contributed by atoms with Crippen LogP contribution in [0.15, 0.2) is 53.5 Å². The molecule has 26 heavy (non-hydrogen) atoms. The molecule has 0 unspecified atom stereocenters. The molecule has 1 heterocycles. The van der Waals surface area contributed by atoms with Gasteiger partial charge in [-0.3, -0.25) is 4.79 Å². The van der Waals surface area contributed by atoms with Gasteiger partial charge in [0.25, 0.3) is 0 Å². The quantitative estimate of drug-likeness (QED) is 0.606. The monoisotopic (exact) mass is 410 g/mol. The van der Waals surface area contributed by atoms with Gasteiger partial charge < -0.3 is 9.47 Å². The van der Waals surface area contributed by atoms with Crippen molar-refractivity contribution in [2.24, 2.45) is 0 Å². The fourth-order valence-electron chi connectivity index (χ4n) is 2.27. The number of hydrogen-bond acceptors (Lipinski definition) is 4. The predicted molar refractivity (Wildman–Crippen MR) is 102 cm³/mol. The minimum Gasteiger partial charge on any atom is -0.488 e. The van der Waals surface area contributed by atoms with Gasteiger partial charge in [-0.25, -0.2) is 0 Å². The maximum Gasteiger partial charge on any atom is 0.317 e. The third-order valence-electron chi connectivity index (χ3n) is 3.57. The Morgan fingerprint density at radius 3 is 2.38 bits per heavy atom. The van der Waals surface area contributed by atoms with Crippen molar-refractivity contribution in [2.75, 3.05) is 7.11 Å². The largest absolute Gasteiger partial charge is 0.488 e. The smallest absolute Gasteiger partial charge is 0.317 e. The summed E-state index contributed by atoms with van der Waals surface area (Å²) in [7, 11) is 1.39. The molecule has 0 radical (unpaired) electrons. The zero-order valence-corrected chi connectivity index (χ0v) is 15.8. The first kappa shape index (κ1) is 18.6. The van der Waals surface area contributed by atoms with Gasteiger partial charge in [0, 0.05) is 20.6 Å². The molecule has 0 atom stereocenters. The Morgan fingerprint density at radius 1 is 1.04 bits per heavy atom. The second kappa shape index (κ2) is 7.99. The van der Waals surface area contributed by atoms with Gasteiger partial charge >= 0.3 is 5.56 Å². The summed E-state index contributed by atoms with van der Waals surface area (Å²) in [6.07, 6.45) is 1.42. The first-order chi connectivity index (χ1) is 12.5. The summed E-state index contributed by atoms with van der Waals surface area (Å²) in [5, 5.41) is 5.70. The molecule has 2 aromatic carbocycles. The van der Waals surface area contributed by atoms with Crippen LogP contribution in [-0.4, -0.2) is 16.9 Å². The van der Waals surface area contributed by atoms with Crippen molar-refractivity contribution in [1.29, 1.82) is 0 Å². The van der Waals surface area contributed by atoms with Gasteiger partial charge in [0.05, 0.1) is 19.0 Å². The molecule has 0 saturated heterocycles. The van der Waals surface area contributed by atoms with E-state index in [9.17, 15) is 4.79 Å². The van der Waals surface area contributed by atoms with E-state index < -0.39 is 5.56 Å². The van der Waals surface area contributed by atoms with Crippen LogP contribution in [0, 0.1) is 0 Å². The van der Waals surface area contributed by atoms with E-state index in [1.807, 2.05) is 0 Å². The molecule has 0 spiro atoms. The molecule has 0 aliphatic carbocycles. The fourth-order valence-corrected chi connectivity index (χ4v) is 2.86. The molecule has 8 heteroatoms. The molecule has 0 amide bonds. The van der Waals surface area contributed by atoms with Gasteiger partial charge in [0.15, 0.2) is 5.75 Å². The molecule has 0 N–H and O–H groups in total. The average Bonchev–Trinajstić information content (AvgIpc) is 2.62. The normalized spacial score (nSPS) is 10.6. The molecule has 5 nitrogen and oxygen atoms in total. The van der Waals surface area contributed by atoms with Crippen molar-refractivity contribution >= 4 is 34.8 Å². The van der Waals surface area contributed by atoms with Crippen molar-refractivity contribution in [2.45, 2.75) is 6.61 Å². The van der Waals surface area contributed by atoms with E-state index in [1.54, 1.807) is 42.5 Å². The van der Waals surface area contributed by atoms with Crippen LogP contribution in [-0.2, 0) is 6.61 Å². The summed E-state index contributed by atoms with van der Waals surface area (Å²) in [5.41, 5.74) is 0.833. The molecule has 3 rings (SSSR count). The van der Waals surface area contributed by atoms with E-state index in [4.69, 9.17) is 44.3 Å². The molecule has 134 valence electrons. The Kier molecular flexibility index (Phi) is 5.71. The van der Waals surface area contributed by atoms with Gasteiger partial charge in [-0.1, -0.05) is 40.9 Å². The Labute approximate surface area is 164 Å². The molecule has 0 fully saturated rings. The summed E-state index contributed by atoms with van der Waals surface area (Å²) in [6.45, 7) is 0.137. The SMILES string of the molecule is COc1c(OCc2ccc(Cl)cc2Cl)cnn(-c2ccc(Cl)cc2)c1=O. The van der Waals surface area contributed by atoms with Crippen LogP contribution in [0.4, 0.5) is 0 Å². The van der Waals surface area contributed by atoms with Gasteiger partial charge in [0.1, 0.15) is 6.61 Å². The van der Waals surface area contributed by atoms with E-state index in [1.165, 1.54) is 18.0 Å². The number of ether oxygens (including phenoxy) is 2. The van der Waals surface area contributed by atoms with E-state index in [-0.39, 0.29) is 18.1 Å². The summed E-state index contributed by atoms with van der Waals surface area (Å²) in [4.78, 5) is 12.6. The minimum absolute atomic E-state index is 0.0417. The Hall–Kier alpha value is -2.21. The number of nitrogens with zero attached hydrogens (tertiary/aromatic N) is 2. The summed E-state index contributed by atoms with van der Waals surface area (Å²) in [6, 6.07) is 11.8. The Morgan fingerprint density at radius 2 is 1.73 bits per heavy atom. The first-order valence-electron chi connectivity index (χ1n) is 7.48. The number of methoxy groups -OCH3 is 1. The zero-order chi connectivity index (χ0) is 18.7. The van der Waals surface area contributed by atoms with Gasteiger partial charge in [-0.2, -0.15) is 9.78 Å². The van der Waals surface area contributed by atoms with Crippen molar-refractivity contribution in [3.8, 4) is 17.2 Å². The van der Waals surface area contributed by atoms with E-state index in [0.29, 0.717) is 20.8 Å². The van der Waals surface area contributed by atoms with Crippen LogP contribution >= 0.6 is 34.8 Å². The molecule has 1 aromatic heterocycles. The van der Waals surface area contributed by atoms with Crippen molar-refractivity contribution < 1.29 is 9.47 Å². The number of hydrogen-bond donors (Lipinski definition) is 0. The predicted octanol–water partition coefficient (Wildman–Crippen LogP) is 4.78. The lowest BCUT2D eigenvalue weighted by molar-refractivity contribution is 0.279. The topological polar surface area (TPSA) is 53.4 Å². The average molecular weight is 412 g/mol. The van der Waals surface area contributed by atoms with Gasteiger partial charge in [-0.05, 0) is 36.4 Å². The van der Waals surface area contributed by atoms with Crippen molar-refractivity contribution in [1.82, 2.24) is 9.78 Å². The van der Waals surface area contributed by atoms with Crippen molar-refractivity contribution in [3.63, 3.8) is 0 Å². The lowest BCUT2D eigenvalue weighted by atomic mass is 10.2. The van der Waals surface area contributed by atoms with Crippen LogP contribution in [0.1, 0.15) is 5.56 Å². The molecule has 0 aliphatic rings. The van der Waals surface area contributed by atoms with Crippen LogP contribution in [0.3, 0.4) is 0 Å². The molecule has 0 bridgehead atoms. The van der Waals surface area contributed by atoms with Crippen LogP contribution in [0.5, 0.6) is 11.5 Å². The second-order valence-electron chi connectivity index (χ2n) is 5.26. The molecular formula is C18H13Cl3N2O3. The Balaban J connectivity index is 1.90. The minimum atomic E-state index is -0.450. The lowest BCUT2D eigenvalue weighted by Gasteiger charge is -2.13. The van der Waals surface area contributed by atoms with Crippen molar-refractivity contribution in [3.05, 3.63) is 79.6 Å². The van der Waals surface area contributed by atoms with E-state index >= 15 is 0 Å². The van der Waals surface area contributed by atoms with Gasteiger partial charge in [-0.15, -0.1) is 0 Å². The van der Waals surface area contributed by atoms with E-state index in [0.717, 1.165) is 5.56 Å². The third-order valence-corrected chi connectivity index (χ3v) is 4.41. The highest BCUT2D eigenvalue weighted by molar-refractivity contribution is 6.35. The molecule has 0 aliphatic heterocycles. The maximum absolute atomic E-state index is 12.6. The van der Waals surface area contributed by atoms with Crippen LogP contribution in [0.25, 0.3) is 5.69 Å². The van der Waals surface area contributed by atoms with Gasteiger partial charge in [0.2, 0.25) is 5.75 Å². The molecule has 3 aromatic rings. The molecule has 0 saturated carbocycles.